The molecule has 11 heteroatoms. The first-order valence-corrected chi connectivity index (χ1v) is 12.5. The minimum atomic E-state index is -2.66. The largest absolute Gasteiger partial charge is 0.363 e. The van der Waals surface area contributed by atoms with Gasteiger partial charge < -0.3 is 10.6 Å². The number of aromatic nitrogens is 4. The molecular weight excluding hydrogens is 517 g/mol. The number of benzene rings is 2. The number of amides is 1. The van der Waals surface area contributed by atoms with Crippen LogP contribution in [0.5, 0.6) is 0 Å². The number of nitrogens with one attached hydrogen (secondary N) is 2. The summed E-state index contributed by atoms with van der Waals surface area (Å²) in [5.74, 6) is -0.749. The maximum Gasteiger partial charge on any atom is 0.261 e. The number of carbonyl (C=O) groups excluding carboxylic acids is 1. The molecule has 1 amide bonds. The van der Waals surface area contributed by atoms with Crippen molar-refractivity contribution in [3.05, 3.63) is 93.1 Å². The number of hydrogen-bond acceptors (Lipinski definition) is 4. The summed E-state index contributed by atoms with van der Waals surface area (Å²) in [6, 6.07) is 10.5. The van der Waals surface area contributed by atoms with Gasteiger partial charge in [0.15, 0.2) is 0 Å². The first-order chi connectivity index (χ1) is 18.1. The molecule has 7 nitrogen and oxygen atoms in total. The summed E-state index contributed by atoms with van der Waals surface area (Å²) in [6.07, 6.45) is -1.24. The van der Waals surface area contributed by atoms with Gasteiger partial charge in [0.2, 0.25) is 0 Å². The Morgan fingerprint density at radius 3 is 2.61 bits per heavy atom. The number of alkyl halides is 2. The lowest BCUT2D eigenvalue weighted by Crippen LogP contribution is -2.31. The number of fused-ring (bicyclic) bond motifs is 1. The average Bonchev–Trinajstić information content (AvgIpc) is 3.42. The number of halogens is 4. The maximum absolute atomic E-state index is 14.3. The van der Waals surface area contributed by atoms with Gasteiger partial charge in [-0.15, -0.1) is 0 Å². The van der Waals surface area contributed by atoms with Crippen LogP contribution < -0.4 is 10.6 Å². The average molecular weight is 543 g/mol. The quantitative estimate of drug-likeness (QED) is 0.293. The second-order valence-corrected chi connectivity index (χ2v) is 9.86. The maximum atomic E-state index is 14.3. The van der Waals surface area contributed by atoms with Gasteiger partial charge in [-0.2, -0.15) is 10.2 Å². The number of rotatable bonds is 6. The smallest absolute Gasteiger partial charge is 0.261 e. The summed E-state index contributed by atoms with van der Waals surface area (Å²) in [6.45, 7) is 5.49. The van der Waals surface area contributed by atoms with Crippen LogP contribution in [0.3, 0.4) is 0 Å². The van der Waals surface area contributed by atoms with Crippen molar-refractivity contribution in [2.45, 2.75) is 52.2 Å². The Morgan fingerprint density at radius 1 is 1.18 bits per heavy atom. The van der Waals surface area contributed by atoms with Crippen LogP contribution >= 0.6 is 11.6 Å². The van der Waals surface area contributed by atoms with Gasteiger partial charge in [-0.1, -0.05) is 47.5 Å². The van der Waals surface area contributed by atoms with Crippen LogP contribution in [0.1, 0.15) is 56.9 Å². The first kappa shape index (κ1) is 25.8. The Kier molecular flexibility index (Phi) is 6.92. The van der Waals surface area contributed by atoms with E-state index in [-0.39, 0.29) is 34.9 Å². The molecule has 0 saturated carbocycles. The van der Waals surface area contributed by atoms with Crippen LogP contribution in [-0.2, 0) is 6.54 Å². The highest BCUT2D eigenvalue weighted by molar-refractivity contribution is 6.31. The summed E-state index contributed by atoms with van der Waals surface area (Å²) in [5.41, 5.74) is 3.87. The lowest BCUT2D eigenvalue weighted by molar-refractivity contribution is 0.0657. The van der Waals surface area contributed by atoms with Crippen molar-refractivity contribution >= 4 is 29.0 Å². The Morgan fingerprint density at radius 2 is 1.92 bits per heavy atom. The number of hydrogen-bond donors (Lipinski definition) is 2. The SMILES string of the molecule is Cc1ccc([C@@H]2C[C@H](C(F)F)n3ncc(C(=O)Nc4c(C)nn(Cc5c(F)cccc5Cl)c4C)c3N2)cc1. The summed E-state index contributed by atoms with van der Waals surface area (Å²) in [5, 5.41) is 14.9. The normalized spacial score (nSPS) is 16.8. The molecule has 0 radical (unpaired) electrons. The van der Waals surface area contributed by atoms with E-state index in [0.29, 0.717) is 17.1 Å². The van der Waals surface area contributed by atoms with Gasteiger partial charge in [-0.05, 0) is 44.9 Å². The van der Waals surface area contributed by atoms with Crippen LogP contribution in [0.4, 0.5) is 24.7 Å². The van der Waals surface area contributed by atoms with Crippen molar-refractivity contribution in [2.75, 3.05) is 10.6 Å². The monoisotopic (exact) mass is 542 g/mol. The molecule has 0 spiro atoms. The molecule has 38 heavy (non-hydrogen) atoms. The molecule has 4 aromatic rings. The molecule has 3 heterocycles. The van der Waals surface area contributed by atoms with E-state index in [1.165, 1.54) is 23.0 Å². The van der Waals surface area contributed by atoms with E-state index in [1.54, 1.807) is 24.6 Å². The Hall–Kier alpha value is -3.79. The third kappa shape index (κ3) is 4.76. The molecular formula is C27H26ClF3N6O. The van der Waals surface area contributed by atoms with Crippen molar-refractivity contribution in [1.82, 2.24) is 19.6 Å². The molecule has 0 fully saturated rings. The molecule has 1 aliphatic heterocycles. The van der Waals surface area contributed by atoms with Crippen LogP contribution in [0.15, 0.2) is 48.7 Å². The fourth-order valence-electron chi connectivity index (χ4n) is 4.76. The predicted molar refractivity (Wildman–Crippen MR) is 140 cm³/mol. The summed E-state index contributed by atoms with van der Waals surface area (Å²) < 4.78 is 45.1. The molecule has 2 N–H and O–H groups in total. The molecule has 2 atom stereocenters. The zero-order valence-corrected chi connectivity index (χ0v) is 21.7. The van der Waals surface area contributed by atoms with Crippen molar-refractivity contribution in [3.8, 4) is 0 Å². The minimum absolute atomic E-state index is 0.0765. The van der Waals surface area contributed by atoms with Crippen LogP contribution in [0.25, 0.3) is 0 Å². The van der Waals surface area contributed by atoms with Crippen LogP contribution in [0, 0.1) is 26.6 Å². The number of anilines is 2. The number of nitrogens with zero attached hydrogens (tertiary/aromatic N) is 4. The van der Waals surface area contributed by atoms with Gasteiger partial charge in [-0.3, -0.25) is 9.48 Å². The molecule has 0 aliphatic carbocycles. The van der Waals surface area contributed by atoms with Crippen LogP contribution in [0.2, 0.25) is 5.02 Å². The highest BCUT2D eigenvalue weighted by atomic mass is 35.5. The summed E-state index contributed by atoms with van der Waals surface area (Å²) in [4.78, 5) is 13.4. The molecule has 5 rings (SSSR count). The Labute approximate surface area is 222 Å². The molecule has 2 aromatic heterocycles. The molecule has 0 unspecified atom stereocenters. The summed E-state index contributed by atoms with van der Waals surface area (Å²) >= 11 is 6.17. The second kappa shape index (κ2) is 10.2. The van der Waals surface area contributed by atoms with E-state index < -0.39 is 30.2 Å². The molecule has 2 aromatic carbocycles. The fourth-order valence-corrected chi connectivity index (χ4v) is 4.99. The number of aryl methyl sites for hydroxylation is 2. The van der Waals surface area contributed by atoms with Crippen molar-refractivity contribution in [3.63, 3.8) is 0 Å². The highest BCUT2D eigenvalue weighted by Gasteiger charge is 2.36. The van der Waals surface area contributed by atoms with E-state index >= 15 is 0 Å². The third-order valence-electron chi connectivity index (χ3n) is 6.90. The zero-order valence-electron chi connectivity index (χ0n) is 21.0. The molecule has 0 bridgehead atoms. The van der Waals surface area contributed by atoms with E-state index in [1.807, 2.05) is 31.2 Å². The minimum Gasteiger partial charge on any atom is -0.363 e. The topological polar surface area (TPSA) is 76.8 Å². The lowest BCUT2D eigenvalue weighted by Gasteiger charge is -2.32. The lowest BCUT2D eigenvalue weighted by atomic mass is 9.96. The van der Waals surface area contributed by atoms with Crippen molar-refractivity contribution < 1.29 is 18.0 Å². The predicted octanol–water partition coefficient (Wildman–Crippen LogP) is 6.46. The zero-order chi connectivity index (χ0) is 27.1. The van der Waals surface area contributed by atoms with Crippen molar-refractivity contribution in [2.24, 2.45) is 0 Å². The first-order valence-electron chi connectivity index (χ1n) is 12.1. The Bertz CT molecular complexity index is 1480. The van der Waals surface area contributed by atoms with Gasteiger partial charge in [0.05, 0.1) is 35.9 Å². The fraction of sp³-hybridized carbons (Fsp3) is 0.296. The summed E-state index contributed by atoms with van der Waals surface area (Å²) in [7, 11) is 0. The Balaban J connectivity index is 1.43. The number of carbonyl (C=O) groups is 1. The van der Waals surface area contributed by atoms with Gasteiger partial charge in [0, 0.05) is 10.6 Å². The van der Waals surface area contributed by atoms with Gasteiger partial charge in [0.25, 0.3) is 12.3 Å². The second-order valence-electron chi connectivity index (χ2n) is 9.45. The molecule has 0 saturated heterocycles. The van der Waals surface area contributed by atoms with E-state index in [2.05, 4.69) is 20.8 Å². The van der Waals surface area contributed by atoms with Crippen LogP contribution in [-0.4, -0.2) is 31.9 Å². The van der Waals surface area contributed by atoms with E-state index in [4.69, 9.17) is 11.6 Å². The van der Waals surface area contributed by atoms with Gasteiger partial charge in [0.1, 0.15) is 23.2 Å². The highest BCUT2D eigenvalue weighted by Crippen LogP contribution is 2.39. The third-order valence-corrected chi connectivity index (χ3v) is 7.26. The van der Waals surface area contributed by atoms with E-state index in [9.17, 15) is 18.0 Å². The standard InChI is InChI=1S/C27H26ClF3N6O/c1-14-7-9-17(10-8-14)22-11-23(25(30)31)37-26(33-22)18(12-32-37)27(38)34-24-15(2)35-36(16(24)3)13-19-20(28)5-4-6-21(19)29/h4-10,12,22-23,25,33H,11,13H2,1-3H3,(H,34,38)/t22-,23+/m0/s1. The van der Waals surface area contributed by atoms with E-state index in [0.717, 1.165) is 11.1 Å². The van der Waals surface area contributed by atoms with Gasteiger partial charge >= 0.3 is 0 Å². The molecule has 1 aliphatic rings. The van der Waals surface area contributed by atoms with Gasteiger partial charge in [-0.25, -0.2) is 17.9 Å². The van der Waals surface area contributed by atoms with Crippen molar-refractivity contribution in [1.29, 1.82) is 0 Å². The molecule has 198 valence electrons.